The van der Waals surface area contributed by atoms with E-state index in [1.165, 1.54) is 4.31 Å². The fourth-order valence-electron chi connectivity index (χ4n) is 4.17. The van der Waals surface area contributed by atoms with Gasteiger partial charge >= 0.3 is 0 Å². The molecule has 1 aromatic carbocycles. The minimum absolute atomic E-state index is 0.265. The van der Waals surface area contributed by atoms with Crippen LogP contribution in [0.15, 0.2) is 29.2 Å². The molecule has 1 aromatic heterocycles. The summed E-state index contributed by atoms with van der Waals surface area (Å²) < 4.78 is 33.0. The molecule has 0 amide bonds. The zero-order valence-corrected chi connectivity index (χ0v) is 18.6. The van der Waals surface area contributed by atoms with E-state index in [9.17, 15) is 8.42 Å². The Morgan fingerprint density at radius 1 is 1.10 bits per heavy atom. The first-order valence-electron chi connectivity index (χ1n) is 10.3. The predicted octanol–water partition coefficient (Wildman–Crippen LogP) is 2.08. The molecule has 2 aromatic rings. The SMILES string of the molecule is CNc1nc(C2CCN(C)CC2)nc2c1CN(S(=O)(=O)c1ccc(OC)cc1)CC2. The molecule has 4 rings (SSSR count). The van der Waals surface area contributed by atoms with Crippen LogP contribution in [0.2, 0.25) is 0 Å². The van der Waals surface area contributed by atoms with Crippen LogP contribution in [-0.4, -0.2) is 68.4 Å². The number of fused-ring (bicyclic) bond motifs is 1. The van der Waals surface area contributed by atoms with Gasteiger partial charge in [0, 0.05) is 38.0 Å². The molecule has 9 heteroatoms. The number of nitrogens with one attached hydrogen (secondary N) is 1. The average molecular weight is 432 g/mol. The first-order valence-corrected chi connectivity index (χ1v) is 11.8. The number of aromatic nitrogens is 2. The minimum atomic E-state index is -3.60. The van der Waals surface area contributed by atoms with Gasteiger partial charge in [0.2, 0.25) is 10.0 Å². The van der Waals surface area contributed by atoms with E-state index < -0.39 is 10.0 Å². The van der Waals surface area contributed by atoms with E-state index in [0.717, 1.165) is 48.8 Å². The fourth-order valence-corrected chi connectivity index (χ4v) is 5.58. The van der Waals surface area contributed by atoms with Crippen molar-refractivity contribution >= 4 is 15.8 Å². The van der Waals surface area contributed by atoms with Gasteiger partial charge in [0.15, 0.2) is 0 Å². The Labute approximate surface area is 178 Å². The highest BCUT2D eigenvalue weighted by Crippen LogP contribution is 2.32. The first-order chi connectivity index (χ1) is 14.4. The molecule has 0 spiro atoms. The van der Waals surface area contributed by atoms with Gasteiger partial charge in [-0.1, -0.05) is 0 Å². The van der Waals surface area contributed by atoms with Crippen LogP contribution in [0.5, 0.6) is 5.75 Å². The maximum absolute atomic E-state index is 13.2. The zero-order chi connectivity index (χ0) is 21.3. The number of anilines is 1. The predicted molar refractivity (Wildman–Crippen MR) is 115 cm³/mol. The molecule has 2 aliphatic heterocycles. The number of rotatable bonds is 5. The van der Waals surface area contributed by atoms with E-state index >= 15 is 0 Å². The van der Waals surface area contributed by atoms with Gasteiger partial charge in [-0.2, -0.15) is 4.31 Å². The van der Waals surface area contributed by atoms with Crippen molar-refractivity contribution in [3.8, 4) is 5.75 Å². The van der Waals surface area contributed by atoms with Crippen molar-refractivity contribution in [3.63, 3.8) is 0 Å². The molecular weight excluding hydrogens is 402 g/mol. The van der Waals surface area contributed by atoms with Crippen molar-refractivity contribution in [3.05, 3.63) is 41.3 Å². The second-order valence-corrected chi connectivity index (χ2v) is 9.89. The van der Waals surface area contributed by atoms with Crippen molar-refractivity contribution in [2.75, 3.05) is 46.2 Å². The number of hydrogen-bond acceptors (Lipinski definition) is 7. The number of methoxy groups -OCH3 is 1. The highest BCUT2D eigenvalue weighted by atomic mass is 32.2. The molecule has 3 heterocycles. The standard InChI is InChI=1S/C21H29N5O3S/c1-22-21-18-14-26(30(27,28)17-6-4-16(29-3)5-7-17)13-10-19(18)23-20(24-21)15-8-11-25(2)12-9-15/h4-7,15H,8-14H2,1-3H3,(H,22,23,24). The summed E-state index contributed by atoms with van der Waals surface area (Å²) in [5.74, 6) is 2.62. The third-order valence-corrected chi connectivity index (χ3v) is 7.92. The van der Waals surface area contributed by atoms with Gasteiger partial charge in [-0.3, -0.25) is 0 Å². The molecule has 8 nitrogen and oxygen atoms in total. The van der Waals surface area contributed by atoms with Gasteiger partial charge in [0.1, 0.15) is 17.4 Å². The maximum Gasteiger partial charge on any atom is 0.243 e. The van der Waals surface area contributed by atoms with Gasteiger partial charge in [0.05, 0.1) is 17.7 Å². The lowest BCUT2D eigenvalue weighted by Gasteiger charge is -2.31. The van der Waals surface area contributed by atoms with Crippen LogP contribution in [0.25, 0.3) is 0 Å². The summed E-state index contributed by atoms with van der Waals surface area (Å²) in [5, 5.41) is 3.17. The van der Waals surface area contributed by atoms with E-state index in [-0.39, 0.29) is 11.4 Å². The Bertz CT molecular complexity index is 985. The van der Waals surface area contributed by atoms with Crippen LogP contribution in [0.3, 0.4) is 0 Å². The topological polar surface area (TPSA) is 87.7 Å². The zero-order valence-electron chi connectivity index (χ0n) is 17.8. The molecule has 1 N–H and O–H groups in total. The van der Waals surface area contributed by atoms with Gasteiger partial charge in [0.25, 0.3) is 0 Å². The van der Waals surface area contributed by atoms with Crippen molar-refractivity contribution in [2.45, 2.75) is 36.6 Å². The van der Waals surface area contributed by atoms with E-state index in [1.807, 2.05) is 7.05 Å². The van der Waals surface area contributed by atoms with Crippen LogP contribution in [0, 0.1) is 0 Å². The molecule has 162 valence electrons. The van der Waals surface area contributed by atoms with Crippen molar-refractivity contribution in [2.24, 2.45) is 0 Å². The van der Waals surface area contributed by atoms with Crippen LogP contribution in [0.4, 0.5) is 5.82 Å². The second kappa shape index (κ2) is 8.49. The number of sulfonamides is 1. The number of ether oxygens (including phenoxy) is 1. The summed E-state index contributed by atoms with van der Waals surface area (Å²) in [6.45, 7) is 2.78. The second-order valence-electron chi connectivity index (χ2n) is 7.95. The molecule has 2 aliphatic rings. The summed E-state index contributed by atoms with van der Waals surface area (Å²) in [6.07, 6.45) is 2.69. The lowest BCUT2D eigenvalue weighted by Crippen LogP contribution is -2.37. The van der Waals surface area contributed by atoms with Crippen LogP contribution in [-0.2, 0) is 23.0 Å². The Morgan fingerprint density at radius 3 is 2.43 bits per heavy atom. The summed E-state index contributed by atoms with van der Waals surface area (Å²) in [4.78, 5) is 12.3. The number of hydrogen-bond donors (Lipinski definition) is 1. The van der Waals surface area contributed by atoms with E-state index in [0.29, 0.717) is 24.6 Å². The Kier molecular flexibility index (Phi) is 5.95. The van der Waals surface area contributed by atoms with E-state index in [4.69, 9.17) is 14.7 Å². The number of nitrogens with zero attached hydrogens (tertiary/aromatic N) is 4. The molecule has 30 heavy (non-hydrogen) atoms. The van der Waals surface area contributed by atoms with Crippen molar-refractivity contribution in [1.82, 2.24) is 19.2 Å². The summed E-state index contributed by atoms with van der Waals surface area (Å²) >= 11 is 0. The molecule has 1 saturated heterocycles. The van der Waals surface area contributed by atoms with Crippen molar-refractivity contribution < 1.29 is 13.2 Å². The third-order valence-electron chi connectivity index (χ3n) is 6.06. The van der Waals surface area contributed by atoms with Gasteiger partial charge in [-0.15, -0.1) is 0 Å². The average Bonchev–Trinajstić information content (AvgIpc) is 2.78. The molecule has 0 aliphatic carbocycles. The molecular formula is C21H29N5O3S. The van der Waals surface area contributed by atoms with Crippen molar-refractivity contribution in [1.29, 1.82) is 0 Å². The van der Waals surface area contributed by atoms with Gasteiger partial charge < -0.3 is 15.0 Å². The smallest absolute Gasteiger partial charge is 0.243 e. The molecule has 0 unspecified atom stereocenters. The highest BCUT2D eigenvalue weighted by Gasteiger charge is 2.32. The molecule has 0 saturated carbocycles. The van der Waals surface area contributed by atoms with Crippen LogP contribution >= 0.6 is 0 Å². The lowest BCUT2D eigenvalue weighted by molar-refractivity contribution is 0.250. The Morgan fingerprint density at radius 2 is 1.80 bits per heavy atom. The van der Waals surface area contributed by atoms with Crippen LogP contribution in [0.1, 0.15) is 35.8 Å². The summed E-state index contributed by atoms with van der Waals surface area (Å²) in [7, 11) is 1.93. The minimum Gasteiger partial charge on any atom is -0.497 e. The Balaban J connectivity index is 1.60. The first kappa shape index (κ1) is 21.0. The molecule has 1 fully saturated rings. The highest BCUT2D eigenvalue weighted by molar-refractivity contribution is 7.89. The van der Waals surface area contributed by atoms with Gasteiger partial charge in [-0.05, 0) is 57.2 Å². The third kappa shape index (κ3) is 4.01. The Hall–Kier alpha value is -2.23. The monoisotopic (exact) mass is 431 g/mol. The largest absolute Gasteiger partial charge is 0.497 e. The summed E-state index contributed by atoms with van der Waals surface area (Å²) in [6, 6.07) is 6.51. The summed E-state index contributed by atoms with van der Waals surface area (Å²) in [5.41, 5.74) is 1.84. The number of likely N-dealkylation sites (tertiary alicyclic amines) is 1. The fraction of sp³-hybridized carbons (Fsp3) is 0.524. The lowest BCUT2D eigenvalue weighted by atomic mass is 9.95. The van der Waals surface area contributed by atoms with E-state index in [2.05, 4.69) is 17.3 Å². The van der Waals surface area contributed by atoms with Crippen LogP contribution < -0.4 is 10.1 Å². The van der Waals surface area contributed by atoms with Gasteiger partial charge in [-0.25, -0.2) is 18.4 Å². The maximum atomic E-state index is 13.2. The van der Waals surface area contributed by atoms with E-state index in [1.54, 1.807) is 31.4 Å². The normalized spacial score (nSPS) is 18.8. The molecule has 0 bridgehead atoms. The molecule has 0 atom stereocenters. The number of benzene rings is 1. The quantitative estimate of drug-likeness (QED) is 0.775. The molecule has 0 radical (unpaired) electrons. The number of piperidine rings is 1.